The summed E-state index contributed by atoms with van der Waals surface area (Å²) < 4.78 is 5.27. The van der Waals surface area contributed by atoms with E-state index in [1.807, 2.05) is 6.07 Å². The number of nitrogens with zero attached hydrogens (tertiary/aromatic N) is 1. The number of carbonyl (C=O) groups is 3. The van der Waals surface area contributed by atoms with Crippen LogP contribution in [0.4, 0.5) is 4.79 Å². The third-order valence-corrected chi connectivity index (χ3v) is 5.42. The summed E-state index contributed by atoms with van der Waals surface area (Å²) in [5.41, 5.74) is 1.23. The number of imide groups is 1. The molecule has 3 amide bonds. The third kappa shape index (κ3) is 3.39. The molecule has 1 atom stereocenters. The van der Waals surface area contributed by atoms with Crippen LogP contribution >= 0.6 is 11.3 Å². The van der Waals surface area contributed by atoms with Gasteiger partial charge in [-0.3, -0.25) is 9.69 Å². The van der Waals surface area contributed by atoms with E-state index in [4.69, 9.17) is 4.74 Å². The molecule has 1 saturated heterocycles. The van der Waals surface area contributed by atoms with Gasteiger partial charge < -0.3 is 10.1 Å². The average Bonchev–Trinajstić information content (AvgIpc) is 3.07. The van der Waals surface area contributed by atoms with Crippen molar-refractivity contribution in [2.75, 3.05) is 13.1 Å². The summed E-state index contributed by atoms with van der Waals surface area (Å²) >= 11 is 1.46. The number of nitrogens with one attached hydrogen (secondary N) is 1. The van der Waals surface area contributed by atoms with Gasteiger partial charge in [-0.2, -0.15) is 0 Å². The molecule has 0 aromatic carbocycles. The molecule has 0 saturated carbocycles. The fraction of sp³-hybridized carbons (Fsp3) is 0.562. The topological polar surface area (TPSA) is 75.7 Å². The van der Waals surface area contributed by atoms with Gasteiger partial charge in [-0.05, 0) is 44.2 Å². The van der Waals surface area contributed by atoms with Crippen molar-refractivity contribution in [3.63, 3.8) is 0 Å². The highest BCUT2D eigenvalue weighted by Crippen LogP contribution is 2.29. The first kappa shape index (κ1) is 16.0. The maximum atomic E-state index is 12.3. The first-order chi connectivity index (χ1) is 11.1. The second kappa shape index (κ2) is 6.70. The van der Waals surface area contributed by atoms with E-state index in [1.165, 1.54) is 35.1 Å². The lowest BCUT2D eigenvalue weighted by Crippen LogP contribution is -2.41. The molecule has 2 aliphatic rings. The maximum Gasteiger partial charge on any atom is 0.349 e. The minimum Gasteiger partial charge on any atom is -0.448 e. The molecule has 1 aromatic rings. The Morgan fingerprint density at radius 3 is 2.83 bits per heavy atom. The highest BCUT2D eigenvalue weighted by atomic mass is 32.1. The summed E-state index contributed by atoms with van der Waals surface area (Å²) in [6, 6.07) is 1.47. The number of rotatable bonds is 3. The maximum absolute atomic E-state index is 12.3. The van der Waals surface area contributed by atoms with Crippen LogP contribution in [0.2, 0.25) is 0 Å². The SMILES string of the molecule is C[C@@H](OC(=O)c1cc2c(s1)CCCCC2)C(=O)N1CCNC1=O. The summed E-state index contributed by atoms with van der Waals surface area (Å²) in [4.78, 5) is 38.8. The fourth-order valence-electron chi connectivity index (χ4n) is 2.94. The third-order valence-electron chi connectivity index (χ3n) is 4.20. The Hall–Kier alpha value is -1.89. The monoisotopic (exact) mass is 336 g/mol. The molecule has 1 aromatic heterocycles. The molecule has 2 heterocycles. The minimum absolute atomic E-state index is 0.312. The lowest BCUT2D eigenvalue weighted by atomic mass is 10.1. The van der Waals surface area contributed by atoms with Crippen molar-refractivity contribution in [1.82, 2.24) is 10.2 Å². The van der Waals surface area contributed by atoms with Crippen LogP contribution < -0.4 is 5.32 Å². The average molecular weight is 336 g/mol. The molecule has 23 heavy (non-hydrogen) atoms. The second-order valence-corrected chi connectivity index (χ2v) is 7.03. The van der Waals surface area contributed by atoms with Crippen LogP contribution in [-0.4, -0.2) is 42.0 Å². The molecule has 1 fully saturated rings. The Labute approximate surface area is 138 Å². The number of amides is 3. The van der Waals surface area contributed by atoms with Gasteiger partial charge in [0.2, 0.25) is 0 Å². The zero-order chi connectivity index (χ0) is 16.4. The number of thiophene rings is 1. The smallest absolute Gasteiger partial charge is 0.349 e. The fourth-order valence-corrected chi connectivity index (χ4v) is 4.07. The van der Waals surface area contributed by atoms with Crippen LogP contribution in [-0.2, 0) is 22.4 Å². The van der Waals surface area contributed by atoms with Gasteiger partial charge in [-0.15, -0.1) is 11.3 Å². The first-order valence-electron chi connectivity index (χ1n) is 7.98. The molecule has 0 spiro atoms. The van der Waals surface area contributed by atoms with E-state index in [2.05, 4.69) is 5.32 Å². The number of carbonyl (C=O) groups excluding carboxylic acids is 3. The molecule has 3 rings (SSSR count). The highest BCUT2D eigenvalue weighted by Gasteiger charge is 2.32. The van der Waals surface area contributed by atoms with Crippen molar-refractivity contribution in [3.8, 4) is 0 Å². The van der Waals surface area contributed by atoms with Gasteiger partial charge in [-0.1, -0.05) is 6.42 Å². The number of fused-ring (bicyclic) bond motifs is 1. The Morgan fingerprint density at radius 2 is 2.09 bits per heavy atom. The van der Waals surface area contributed by atoms with E-state index in [0.29, 0.717) is 18.0 Å². The zero-order valence-electron chi connectivity index (χ0n) is 13.1. The molecule has 0 unspecified atom stereocenters. The normalized spacial score (nSPS) is 18.8. The number of aryl methyl sites for hydroxylation is 2. The predicted molar refractivity (Wildman–Crippen MR) is 85.6 cm³/mol. The number of hydrogen-bond acceptors (Lipinski definition) is 5. The van der Waals surface area contributed by atoms with Gasteiger partial charge in [0, 0.05) is 18.0 Å². The molecule has 1 aliphatic heterocycles. The van der Waals surface area contributed by atoms with E-state index in [9.17, 15) is 14.4 Å². The molecular weight excluding hydrogens is 316 g/mol. The number of urea groups is 1. The summed E-state index contributed by atoms with van der Waals surface area (Å²) in [5.74, 6) is -0.963. The number of hydrogen-bond donors (Lipinski definition) is 1. The lowest BCUT2D eigenvalue weighted by Gasteiger charge is -2.17. The van der Waals surface area contributed by atoms with Crippen molar-refractivity contribution >= 4 is 29.2 Å². The molecule has 0 radical (unpaired) electrons. The molecule has 1 aliphatic carbocycles. The van der Waals surface area contributed by atoms with Gasteiger partial charge in [-0.25, -0.2) is 9.59 Å². The number of esters is 1. The molecule has 7 heteroatoms. The summed E-state index contributed by atoms with van der Waals surface area (Å²) in [6.07, 6.45) is 4.58. The van der Waals surface area contributed by atoms with Crippen LogP contribution in [0, 0.1) is 0 Å². The quantitative estimate of drug-likeness (QED) is 0.677. The lowest BCUT2D eigenvalue weighted by molar-refractivity contribution is -0.135. The largest absolute Gasteiger partial charge is 0.448 e. The molecular formula is C16H20N2O4S. The van der Waals surface area contributed by atoms with Crippen LogP contribution in [0.25, 0.3) is 0 Å². The molecule has 1 N–H and O–H groups in total. The van der Waals surface area contributed by atoms with E-state index < -0.39 is 24.0 Å². The summed E-state index contributed by atoms with van der Waals surface area (Å²) in [7, 11) is 0. The van der Waals surface area contributed by atoms with Gasteiger partial charge in [0.25, 0.3) is 5.91 Å². The van der Waals surface area contributed by atoms with Crippen molar-refractivity contribution in [3.05, 3.63) is 21.4 Å². The molecule has 6 nitrogen and oxygen atoms in total. The Morgan fingerprint density at radius 1 is 1.30 bits per heavy atom. The van der Waals surface area contributed by atoms with E-state index in [1.54, 1.807) is 0 Å². The van der Waals surface area contributed by atoms with E-state index >= 15 is 0 Å². The summed E-state index contributed by atoms with van der Waals surface area (Å²) in [6.45, 7) is 2.25. The first-order valence-corrected chi connectivity index (χ1v) is 8.79. The van der Waals surface area contributed by atoms with Gasteiger partial charge in [0.1, 0.15) is 4.88 Å². The molecule has 124 valence electrons. The highest BCUT2D eigenvalue weighted by molar-refractivity contribution is 7.14. The second-order valence-electron chi connectivity index (χ2n) is 5.89. The van der Waals surface area contributed by atoms with Crippen LogP contribution in [0.3, 0.4) is 0 Å². The standard InChI is InChI=1S/C16H20N2O4S/c1-10(14(19)18-8-7-17-16(18)21)22-15(20)13-9-11-5-3-2-4-6-12(11)23-13/h9-10H,2-8H2,1H3,(H,17,21)/t10-/m1/s1. The van der Waals surface area contributed by atoms with Crippen molar-refractivity contribution < 1.29 is 19.1 Å². The molecule has 0 bridgehead atoms. The van der Waals surface area contributed by atoms with Crippen molar-refractivity contribution in [2.45, 2.75) is 45.1 Å². The van der Waals surface area contributed by atoms with Gasteiger partial charge in [0.15, 0.2) is 6.10 Å². The van der Waals surface area contributed by atoms with E-state index in [-0.39, 0.29) is 0 Å². The zero-order valence-corrected chi connectivity index (χ0v) is 13.9. The van der Waals surface area contributed by atoms with Crippen molar-refractivity contribution in [1.29, 1.82) is 0 Å². The Kier molecular flexibility index (Phi) is 4.66. The predicted octanol–water partition coefficient (Wildman–Crippen LogP) is 2.11. The Bertz CT molecular complexity index is 617. The van der Waals surface area contributed by atoms with Crippen molar-refractivity contribution in [2.24, 2.45) is 0 Å². The Balaban J connectivity index is 1.64. The van der Waals surface area contributed by atoms with Crippen LogP contribution in [0.5, 0.6) is 0 Å². The van der Waals surface area contributed by atoms with Gasteiger partial charge in [0.05, 0.1) is 0 Å². The van der Waals surface area contributed by atoms with E-state index in [0.717, 1.165) is 30.6 Å². The summed E-state index contributed by atoms with van der Waals surface area (Å²) in [5, 5.41) is 2.56. The van der Waals surface area contributed by atoms with Gasteiger partial charge >= 0.3 is 12.0 Å². The van der Waals surface area contributed by atoms with Crippen LogP contribution in [0.15, 0.2) is 6.07 Å². The number of ether oxygens (including phenoxy) is 1. The minimum atomic E-state index is -0.965. The van der Waals surface area contributed by atoms with Crippen LogP contribution in [0.1, 0.15) is 46.3 Å².